The van der Waals surface area contributed by atoms with Crippen LogP contribution in [0.3, 0.4) is 0 Å². The highest BCUT2D eigenvalue weighted by atomic mass is 16.5. The van der Waals surface area contributed by atoms with Gasteiger partial charge in [0.05, 0.1) is 7.11 Å². The minimum atomic E-state index is 0.457. The Morgan fingerprint density at radius 1 is 1.24 bits per heavy atom. The first kappa shape index (κ1) is 13.1. The van der Waals surface area contributed by atoms with E-state index in [1.165, 1.54) is 0 Å². The average molecular weight is 282 g/mol. The molecule has 3 rings (SSSR count). The zero-order chi connectivity index (χ0) is 14.7. The molecule has 6 nitrogen and oxygen atoms in total. The number of hydrogen-bond donors (Lipinski definition) is 1. The van der Waals surface area contributed by atoms with Crippen LogP contribution in [-0.4, -0.2) is 22.2 Å². The molecule has 6 heteroatoms. The second-order valence-electron chi connectivity index (χ2n) is 4.53. The fourth-order valence-corrected chi connectivity index (χ4v) is 1.93. The van der Waals surface area contributed by atoms with Gasteiger partial charge in [0.25, 0.3) is 5.89 Å². The first-order chi connectivity index (χ1) is 10.2. The van der Waals surface area contributed by atoms with E-state index in [-0.39, 0.29) is 0 Å². The van der Waals surface area contributed by atoms with Gasteiger partial charge in [0.2, 0.25) is 5.88 Å². The zero-order valence-corrected chi connectivity index (χ0v) is 11.5. The van der Waals surface area contributed by atoms with Gasteiger partial charge in [-0.25, -0.2) is 4.98 Å². The van der Waals surface area contributed by atoms with Crippen molar-refractivity contribution in [2.45, 2.75) is 6.42 Å². The number of anilines is 1. The molecule has 0 radical (unpaired) electrons. The van der Waals surface area contributed by atoms with Crippen molar-refractivity contribution in [2.24, 2.45) is 0 Å². The topological polar surface area (TPSA) is 87.1 Å². The van der Waals surface area contributed by atoms with Crippen molar-refractivity contribution in [2.75, 3.05) is 12.8 Å². The zero-order valence-electron chi connectivity index (χ0n) is 11.5. The third-order valence-electron chi connectivity index (χ3n) is 2.97. The smallest absolute Gasteiger partial charge is 0.258 e. The van der Waals surface area contributed by atoms with Crippen LogP contribution >= 0.6 is 0 Å². The molecular weight excluding hydrogens is 268 g/mol. The Bertz CT molecular complexity index is 737. The first-order valence-corrected chi connectivity index (χ1v) is 6.42. The Morgan fingerprint density at radius 2 is 2.14 bits per heavy atom. The third-order valence-corrected chi connectivity index (χ3v) is 2.97. The monoisotopic (exact) mass is 282 g/mol. The summed E-state index contributed by atoms with van der Waals surface area (Å²) in [4.78, 5) is 8.51. The number of nitrogens with two attached hydrogens (primary N) is 1. The maximum Gasteiger partial charge on any atom is 0.258 e. The normalized spacial score (nSPS) is 10.5. The molecule has 0 amide bonds. The fourth-order valence-electron chi connectivity index (χ4n) is 1.93. The highest BCUT2D eigenvalue weighted by molar-refractivity contribution is 5.59. The maximum atomic E-state index is 5.74. The van der Waals surface area contributed by atoms with E-state index in [4.69, 9.17) is 15.0 Å². The minimum Gasteiger partial charge on any atom is -0.481 e. The predicted octanol–water partition coefficient (Wildman–Crippen LogP) is 2.31. The summed E-state index contributed by atoms with van der Waals surface area (Å²) < 4.78 is 10.3. The van der Waals surface area contributed by atoms with Crippen LogP contribution in [0.4, 0.5) is 5.69 Å². The molecule has 0 aliphatic rings. The Morgan fingerprint density at radius 3 is 2.86 bits per heavy atom. The van der Waals surface area contributed by atoms with Crippen LogP contribution in [0.1, 0.15) is 11.4 Å². The van der Waals surface area contributed by atoms with Crippen LogP contribution in [-0.2, 0) is 6.42 Å². The third kappa shape index (κ3) is 3.00. The molecule has 0 saturated carbocycles. The lowest BCUT2D eigenvalue weighted by Crippen LogP contribution is -1.93. The van der Waals surface area contributed by atoms with E-state index in [0.29, 0.717) is 29.7 Å². The van der Waals surface area contributed by atoms with E-state index in [0.717, 1.165) is 11.1 Å². The summed E-state index contributed by atoms with van der Waals surface area (Å²) >= 11 is 0. The molecule has 2 aromatic heterocycles. The molecule has 0 unspecified atom stereocenters. The van der Waals surface area contributed by atoms with E-state index in [1.807, 2.05) is 24.3 Å². The summed E-state index contributed by atoms with van der Waals surface area (Å²) in [5.41, 5.74) is 8.19. The summed E-state index contributed by atoms with van der Waals surface area (Å²) in [5.74, 6) is 1.63. The Labute approximate surface area is 121 Å². The predicted molar refractivity (Wildman–Crippen MR) is 77.7 cm³/mol. The van der Waals surface area contributed by atoms with E-state index in [2.05, 4.69) is 15.1 Å². The molecule has 0 saturated heterocycles. The molecule has 0 aliphatic carbocycles. The lowest BCUT2D eigenvalue weighted by molar-refractivity contribution is 0.397. The second-order valence-corrected chi connectivity index (χ2v) is 4.53. The number of hydrogen-bond acceptors (Lipinski definition) is 6. The number of ether oxygens (including phenoxy) is 1. The molecule has 2 N–H and O–H groups in total. The highest BCUT2D eigenvalue weighted by Gasteiger charge is 2.10. The van der Waals surface area contributed by atoms with Crippen LogP contribution < -0.4 is 10.5 Å². The standard InChI is InChI=1S/C15H14N4O2/c1-20-14-6-5-10(9-17-14)7-13-18-15(21-19-13)11-3-2-4-12(16)8-11/h2-6,8-9H,7,16H2,1H3. The maximum absolute atomic E-state index is 5.74. The highest BCUT2D eigenvalue weighted by Crippen LogP contribution is 2.20. The number of aromatic nitrogens is 3. The summed E-state index contributed by atoms with van der Waals surface area (Å²) in [6.45, 7) is 0. The molecule has 0 spiro atoms. The molecule has 0 aliphatic heterocycles. The Balaban J connectivity index is 1.78. The van der Waals surface area contributed by atoms with E-state index in [9.17, 15) is 0 Å². The summed E-state index contributed by atoms with van der Waals surface area (Å²) in [5, 5.41) is 3.97. The van der Waals surface area contributed by atoms with Crippen LogP contribution in [0.5, 0.6) is 5.88 Å². The van der Waals surface area contributed by atoms with Gasteiger partial charge in [-0.2, -0.15) is 4.98 Å². The largest absolute Gasteiger partial charge is 0.481 e. The second kappa shape index (κ2) is 5.62. The summed E-state index contributed by atoms with van der Waals surface area (Å²) in [6.07, 6.45) is 2.28. The van der Waals surface area contributed by atoms with E-state index in [1.54, 1.807) is 25.4 Å². The van der Waals surface area contributed by atoms with E-state index >= 15 is 0 Å². The van der Waals surface area contributed by atoms with Crippen LogP contribution in [0, 0.1) is 0 Å². The van der Waals surface area contributed by atoms with Crippen molar-refractivity contribution >= 4 is 5.69 Å². The number of rotatable bonds is 4. The molecule has 106 valence electrons. The fraction of sp³-hybridized carbons (Fsp3) is 0.133. The SMILES string of the molecule is COc1ccc(Cc2noc(-c3cccc(N)c3)n2)cn1. The van der Waals surface area contributed by atoms with Gasteiger partial charge >= 0.3 is 0 Å². The van der Waals surface area contributed by atoms with Crippen LogP contribution in [0.15, 0.2) is 47.1 Å². The summed E-state index contributed by atoms with van der Waals surface area (Å²) in [6, 6.07) is 11.1. The molecule has 0 bridgehead atoms. The molecule has 2 heterocycles. The molecule has 0 atom stereocenters. The molecule has 21 heavy (non-hydrogen) atoms. The Hall–Kier alpha value is -2.89. The van der Waals surface area contributed by atoms with Crippen LogP contribution in [0.2, 0.25) is 0 Å². The van der Waals surface area contributed by atoms with Gasteiger partial charge in [-0.3, -0.25) is 0 Å². The number of methoxy groups -OCH3 is 1. The van der Waals surface area contributed by atoms with Gasteiger partial charge in [-0.05, 0) is 23.8 Å². The number of benzene rings is 1. The average Bonchev–Trinajstić information content (AvgIpc) is 2.97. The quantitative estimate of drug-likeness (QED) is 0.739. The van der Waals surface area contributed by atoms with Crippen molar-refractivity contribution < 1.29 is 9.26 Å². The lowest BCUT2D eigenvalue weighted by atomic mass is 10.2. The van der Waals surface area contributed by atoms with Gasteiger partial charge in [0.1, 0.15) is 0 Å². The van der Waals surface area contributed by atoms with Gasteiger partial charge in [0, 0.05) is 29.9 Å². The molecule has 3 aromatic rings. The molecule has 1 aromatic carbocycles. The molecular formula is C15H14N4O2. The van der Waals surface area contributed by atoms with E-state index < -0.39 is 0 Å². The van der Waals surface area contributed by atoms with Crippen molar-refractivity contribution in [3.05, 3.63) is 54.0 Å². The van der Waals surface area contributed by atoms with Gasteiger partial charge in [-0.1, -0.05) is 17.3 Å². The van der Waals surface area contributed by atoms with Gasteiger partial charge < -0.3 is 15.0 Å². The molecule has 0 fully saturated rings. The summed E-state index contributed by atoms with van der Waals surface area (Å²) in [7, 11) is 1.58. The Kier molecular flexibility index (Phi) is 3.51. The van der Waals surface area contributed by atoms with Crippen LogP contribution in [0.25, 0.3) is 11.5 Å². The van der Waals surface area contributed by atoms with Crippen molar-refractivity contribution in [3.63, 3.8) is 0 Å². The number of nitrogen functional groups attached to an aromatic ring is 1. The number of nitrogens with zero attached hydrogens (tertiary/aromatic N) is 3. The van der Waals surface area contributed by atoms with Gasteiger partial charge in [-0.15, -0.1) is 0 Å². The van der Waals surface area contributed by atoms with Gasteiger partial charge in [0.15, 0.2) is 5.82 Å². The van der Waals surface area contributed by atoms with Crippen molar-refractivity contribution in [1.82, 2.24) is 15.1 Å². The minimum absolute atomic E-state index is 0.457. The van der Waals surface area contributed by atoms with Crippen molar-refractivity contribution in [1.29, 1.82) is 0 Å². The van der Waals surface area contributed by atoms with Crippen molar-refractivity contribution in [3.8, 4) is 17.3 Å². The first-order valence-electron chi connectivity index (χ1n) is 6.42. The number of pyridine rings is 1. The lowest BCUT2D eigenvalue weighted by Gasteiger charge is -1.99.